The predicted molar refractivity (Wildman–Crippen MR) is 84.6 cm³/mol. The Balaban J connectivity index is 3.18. The minimum atomic E-state index is 0.145. The number of nitrogens with one attached hydrogen (secondary N) is 1. The predicted octanol–water partition coefficient (Wildman–Crippen LogP) is 3.77. The van der Waals surface area contributed by atoms with Gasteiger partial charge in [-0.25, -0.2) is 0 Å². The van der Waals surface area contributed by atoms with E-state index in [-0.39, 0.29) is 5.54 Å². The van der Waals surface area contributed by atoms with Crippen LogP contribution in [-0.2, 0) is 0 Å². The normalized spacial score (nSPS) is 16.4. The molecule has 0 spiro atoms. The van der Waals surface area contributed by atoms with Gasteiger partial charge < -0.3 is 5.32 Å². The number of nitrogens with zero attached hydrogens (tertiary/aromatic N) is 1. The van der Waals surface area contributed by atoms with Crippen molar-refractivity contribution in [1.82, 2.24) is 10.2 Å². The van der Waals surface area contributed by atoms with E-state index in [1.165, 1.54) is 11.1 Å². The van der Waals surface area contributed by atoms with Crippen molar-refractivity contribution < 1.29 is 0 Å². The highest BCUT2D eigenvalue weighted by Gasteiger charge is 2.36. The number of likely N-dealkylation sites (N-methyl/N-ethyl adjacent to an activating group) is 2. The maximum absolute atomic E-state index is 3.54. The van der Waals surface area contributed by atoms with Crippen LogP contribution in [0, 0.1) is 6.92 Å². The fourth-order valence-electron chi connectivity index (χ4n) is 3.24. The number of hydrogen-bond donors (Lipinski definition) is 1. The van der Waals surface area contributed by atoms with Gasteiger partial charge in [0.05, 0.1) is 6.04 Å². The van der Waals surface area contributed by atoms with Gasteiger partial charge in [0.2, 0.25) is 0 Å². The lowest BCUT2D eigenvalue weighted by Gasteiger charge is -2.46. The molecule has 0 aliphatic rings. The standard InChI is InChI=1S/C17H30N2/c1-7-17(5,19(8-2)9-3)16(18-6)15-12-10-11-14(4)13-15/h10-13,16,18H,7-9H2,1-6H3. The Morgan fingerprint density at radius 3 is 2.26 bits per heavy atom. The van der Waals surface area contributed by atoms with Crippen LogP contribution in [0.15, 0.2) is 24.3 Å². The van der Waals surface area contributed by atoms with Crippen molar-refractivity contribution in [3.63, 3.8) is 0 Å². The van der Waals surface area contributed by atoms with Crippen LogP contribution in [0.2, 0.25) is 0 Å². The maximum atomic E-state index is 3.54. The number of rotatable bonds is 7. The molecule has 0 bridgehead atoms. The lowest BCUT2D eigenvalue weighted by Crippen LogP contribution is -2.53. The van der Waals surface area contributed by atoms with Crippen LogP contribution in [0.3, 0.4) is 0 Å². The number of benzene rings is 1. The molecule has 2 heteroatoms. The molecule has 0 aliphatic carbocycles. The van der Waals surface area contributed by atoms with Crippen LogP contribution in [0.25, 0.3) is 0 Å². The van der Waals surface area contributed by atoms with Gasteiger partial charge in [0.15, 0.2) is 0 Å². The molecule has 1 N–H and O–H groups in total. The minimum absolute atomic E-state index is 0.145. The zero-order valence-corrected chi connectivity index (χ0v) is 13.5. The first-order valence-corrected chi connectivity index (χ1v) is 7.52. The molecule has 1 aromatic carbocycles. The molecule has 2 nitrogen and oxygen atoms in total. The van der Waals surface area contributed by atoms with E-state index < -0.39 is 0 Å². The molecule has 2 unspecified atom stereocenters. The summed E-state index contributed by atoms with van der Waals surface area (Å²) in [6, 6.07) is 9.23. The Morgan fingerprint density at radius 1 is 1.21 bits per heavy atom. The third-order valence-corrected chi connectivity index (χ3v) is 4.49. The van der Waals surface area contributed by atoms with Gasteiger partial charge in [0, 0.05) is 5.54 Å². The highest BCUT2D eigenvalue weighted by atomic mass is 15.2. The minimum Gasteiger partial charge on any atom is -0.311 e. The van der Waals surface area contributed by atoms with E-state index >= 15 is 0 Å². The first-order valence-electron chi connectivity index (χ1n) is 7.52. The first kappa shape index (κ1) is 16.2. The molecule has 19 heavy (non-hydrogen) atoms. The van der Waals surface area contributed by atoms with Gasteiger partial charge in [0.25, 0.3) is 0 Å². The molecule has 0 aliphatic heterocycles. The summed E-state index contributed by atoms with van der Waals surface area (Å²) in [5.74, 6) is 0. The van der Waals surface area contributed by atoms with Crippen LogP contribution >= 0.6 is 0 Å². The van der Waals surface area contributed by atoms with Crippen LogP contribution in [0.5, 0.6) is 0 Å². The Bertz CT molecular complexity index is 385. The molecular weight excluding hydrogens is 232 g/mol. The zero-order chi connectivity index (χ0) is 14.5. The third kappa shape index (κ3) is 3.37. The van der Waals surface area contributed by atoms with Crippen molar-refractivity contribution in [3.05, 3.63) is 35.4 Å². The summed E-state index contributed by atoms with van der Waals surface area (Å²) in [5.41, 5.74) is 2.86. The van der Waals surface area contributed by atoms with Crippen LogP contribution in [0.1, 0.15) is 51.3 Å². The Kier molecular flexibility index (Phi) is 6.02. The molecule has 108 valence electrons. The summed E-state index contributed by atoms with van der Waals surface area (Å²) in [6.45, 7) is 13.5. The van der Waals surface area contributed by atoms with Gasteiger partial charge in [-0.1, -0.05) is 50.6 Å². The van der Waals surface area contributed by atoms with Crippen molar-refractivity contribution in [2.24, 2.45) is 0 Å². The zero-order valence-electron chi connectivity index (χ0n) is 13.5. The summed E-state index contributed by atoms with van der Waals surface area (Å²) >= 11 is 0. The summed E-state index contributed by atoms with van der Waals surface area (Å²) in [5, 5.41) is 3.54. The summed E-state index contributed by atoms with van der Waals surface area (Å²) in [7, 11) is 2.07. The van der Waals surface area contributed by atoms with Gasteiger partial charge >= 0.3 is 0 Å². The molecule has 2 atom stereocenters. The fourth-order valence-corrected chi connectivity index (χ4v) is 3.24. The molecule has 0 aromatic heterocycles. The monoisotopic (exact) mass is 262 g/mol. The molecular formula is C17H30N2. The quantitative estimate of drug-likeness (QED) is 0.805. The Morgan fingerprint density at radius 2 is 1.84 bits per heavy atom. The van der Waals surface area contributed by atoms with Crippen molar-refractivity contribution in [3.8, 4) is 0 Å². The van der Waals surface area contributed by atoms with Crippen molar-refractivity contribution in [1.29, 1.82) is 0 Å². The van der Waals surface area contributed by atoms with Gasteiger partial charge in [-0.3, -0.25) is 4.90 Å². The summed E-state index contributed by atoms with van der Waals surface area (Å²) < 4.78 is 0. The molecule has 0 radical (unpaired) electrons. The van der Waals surface area contributed by atoms with E-state index in [0.29, 0.717) is 6.04 Å². The van der Waals surface area contributed by atoms with Crippen LogP contribution in [-0.4, -0.2) is 30.6 Å². The first-order chi connectivity index (χ1) is 9.03. The van der Waals surface area contributed by atoms with E-state index in [1.54, 1.807) is 0 Å². The maximum Gasteiger partial charge on any atom is 0.0502 e. The van der Waals surface area contributed by atoms with E-state index in [2.05, 4.69) is 76.1 Å². The highest BCUT2D eigenvalue weighted by Crippen LogP contribution is 2.34. The highest BCUT2D eigenvalue weighted by molar-refractivity contribution is 5.28. The summed E-state index contributed by atoms with van der Waals surface area (Å²) in [6.07, 6.45) is 1.13. The molecule has 1 aromatic rings. The molecule has 1 rings (SSSR count). The van der Waals surface area contributed by atoms with Gasteiger partial charge in [-0.15, -0.1) is 0 Å². The Labute approximate surface area is 119 Å². The SMILES string of the molecule is CCN(CC)C(C)(CC)C(NC)c1cccc(C)c1. The fraction of sp³-hybridized carbons (Fsp3) is 0.647. The van der Waals surface area contributed by atoms with Gasteiger partial charge in [0.1, 0.15) is 0 Å². The van der Waals surface area contributed by atoms with Crippen molar-refractivity contribution >= 4 is 0 Å². The smallest absolute Gasteiger partial charge is 0.0502 e. The van der Waals surface area contributed by atoms with Crippen LogP contribution in [0.4, 0.5) is 0 Å². The number of hydrogen-bond acceptors (Lipinski definition) is 2. The van der Waals surface area contributed by atoms with E-state index in [4.69, 9.17) is 0 Å². The van der Waals surface area contributed by atoms with Crippen molar-refractivity contribution in [2.45, 2.75) is 52.6 Å². The largest absolute Gasteiger partial charge is 0.311 e. The lowest BCUT2D eigenvalue weighted by molar-refractivity contribution is 0.0728. The average molecular weight is 262 g/mol. The molecule has 0 fully saturated rings. The van der Waals surface area contributed by atoms with Crippen LogP contribution < -0.4 is 5.32 Å². The topological polar surface area (TPSA) is 15.3 Å². The van der Waals surface area contributed by atoms with Crippen molar-refractivity contribution in [2.75, 3.05) is 20.1 Å². The molecule has 0 amide bonds. The Hall–Kier alpha value is -0.860. The van der Waals surface area contributed by atoms with Gasteiger partial charge in [-0.05, 0) is 46.0 Å². The second kappa shape index (κ2) is 7.06. The van der Waals surface area contributed by atoms with Gasteiger partial charge in [-0.2, -0.15) is 0 Å². The van der Waals surface area contributed by atoms with E-state index in [9.17, 15) is 0 Å². The average Bonchev–Trinajstić information content (AvgIpc) is 2.41. The third-order valence-electron chi connectivity index (χ3n) is 4.49. The second-order valence-electron chi connectivity index (χ2n) is 5.52. The lowest BCUT2D eigenvalue weighted by atomic mass is 9.82. The summed E-state index contributed by atoms with van der Waals surface area (Å²) in [4.78, 5) is 2.57. The molecule has 0 heterocycles. The van der Waals surface area contributed by atoms with E-state index in [0.717, 1.165) is 19.5 Å². The number of aryl methyl sites for hydroxylation is 1. The van der Waals surface area contributed by atoms with E-state index in [1.807, 2.05) is 0 Å². The molecule has 0 saturated heterocycles. The second-order valence-corrected chi connectivity index (χ2v) is 5.52. The molecule has 0 saturated carbocycles.